The van der Waals surface area contributed by atoms with Crippen molar-refractivity contribution in [3.8, 4) is 0 Å². The van der Waals surface area contributed by atoms with Gasteiger partial charge >= 0.3 is 0 Å². The average Bonchev–Trinajstić information content (AvgIpc) is 2.29. The molecule has 0 aliphatic heterocycles. The van der Waals surface area contributed by atoms with Gasteiger partial charge < -0.3 is 4.79 Å². The minimum absolute atomic E-state index is 0.148. The van der Waals surface area contributed by atoms with E-state index in [0.29, 0.717) is 5.92 Å². The lowest BCUT2D eigenvalue weighted by Crippen LogP contribution is -2.00. The van der Waals surface area contributed by atoms with Gasteiger partial charge in [0.05, 0.1) is 0 Å². The van der Waals surface area contributed by atoms with Gasteiger partial charge in [0.1, 0.15) is 6.29 Å². The lowest BCUT2D eigenvalue weighted by Gasteiger charge is -2.03. The van der Waals surface area contributed by atoms with Gasteiger partial charge in [-0.1, -0.05) is 24.6 Å². The van der Waals surface area contributed by atoms with Crippen LogP contribution < -0.4 is 0 Å². The zero-order valence-corrected chi connectivity index (χ0v) is 8.00. The summed E-state index contributed by atoms with van der Waals surface area (Å²) >= 11 is 0. The summed E-state index contributed by atoms with van der Waals surface area (Å²) in [4.78, 5) is 10.7. The Morgan fingerprint density at radius 3 is 2.75 bits per heavy atom. The van der Waals surface area contributed by atoms with Crippen molar-refractivity contribution in [3.05, 3.63) is 23.3 Å². The molecule has 0 aromatic heterocycles. The van der Waals surface area contributed by atoms with Crippen LogP contribution in [0.1, 0.15) is 27.2 Å². The highest BCUT2D eigenvalue weighted by Gasteiger charge is 2.21. The lowest BCUT2D eigenvalue weighted by molar-refractivity contribution is -0.110. The molecule has 12 heavy (non-hydrogen) atoms. The molecule has 0 heterocycles. The van der Waals surface area contributed by atoms with Crippen molar-refractivity contribution in [2.75, 3.05) is 0 Å². The molecule has 1 nitrogen and oxygen atoms in total. The van der Waals surface area contributed by atoms with Crippen molar-refractivity contribution in [3.63, 3.8) is 0 Å². The number of aldehydes is 1. The highest BCUT2D eigenvalue weighted by atomic mass is 16.1. The first-order chi connectivity index (χ1) is 5.63. The van der Waals surface area contributed by atoms with Gasteiger partial charge in [-0.25, -0.2) is 0 Å². The molecule has 0 radical (unpaired) electrons. The van der Waals surface area contributed by atoms with Crippen molar-refractivity contribution >= 4 is 6.29 Å². The van der Waals surface area contributed by atoms with E-state index < -0.39 is 0 Å². The van der Waals surface area contributed by atoms with E-state index in [1.165, 1.54) is 11.1 Å². The third kappa shape index (κ3) is 2.07. The molecular formula is C11H16O. The minimum atomic E-state index is 0.148. The zero-order valence-electron chi connectivity index (χ0n) is 8.00. The van der Waals surface area contributed by atoms with E-state index in [4.69, 9.17) is 0 Å². The molecule has 0 aromatic rings. The highest BCUT2D eigenvalue weighted by molar-refractivity contribution is 5.62. The molecule has 2 atom stereocenters. The Balaban J connectivity index is 2.79. The van der Waals surface area contributed by atoms with Gasteiger partial charge in [0.15, 0.2) is 0 Å². The second-order valence-corrected chi connectivity index (χ2v) is 3.84. The second-order valence-electron chi connectivity index (χ2n) is 3.84. The summed E-state index contributed by atoms with van der Waals surface area (Å²) < 4.78 is 0. The van der Waals surface area contributed by atoms with Gasteiger partial charge in [-0.05, 0) is 31.8 Å². The van der Waals surface area contributed by atoms with Crippen molar-refractivity contribution in [2.24, 2.45) is 11.8 Å². The molecule has 1 aliphatic carbocycles. The van der Waals surface area contributed by atoms with Gasteiger partial charge in [0.25, 0.3) is 0 Å². The van der Waals surface area contributed by atoms with Crippen molar-refractivity contribution < 1.29 is 4.79 Å². The number of hydrogen-bond acceptors (Lipinski definition) is 1. The van der Waals surface area contributed by atoms with Crippen LogP contribution in [0.25, 0.3) is 0 Å². The van der Waals surface area contributed by atoms with Gasteiger partial charge in [-0.15, -0.1) is 0 Å². The maximum Gasteiger partial charge on any atom is 0.127 e. The van der Waals surface area contributed by atoms with Crippen molar-refractivity contribution in [1.82, 2.24) is 0 Å². The first-order valence-electron chi connectivity index (χ1n) is 4.45. The summed E-state index contributed by atoms with van der Waals surface area (Å²) in [6, 6.07) is 0. The maximum absolute atomic E-state index is 10.7. The van der Waals surface area contributed by atoms with E-state index in [-0.39, 0.29) is 5.92 Å². The molecule has 0 saturated carbocycles. The van der Waals surface area contributed by atoms with Gasteiger partial charge in [0.2, 0.25) is 0 Å². The average molecular weight is 164 g/mol. The van der Waals surface area contributed by atoms with Crippen LogP contribution in [0.15, 0.2) is 23.3 Å². The Hall–Kier alpha value is -0.850. The fourth-order valence-electron chi connectivity index (χ4n) is 1.68. The molecule has 0 N–H and O–H groups in total. The van der Waals surface area contributed by atoms with E-state index in [1.807, 2.05) is 0 Å². The van der Waals surface area contributed by atoms with E-state index in [0.717, 1.165) is 12.7 Å². The van der Waals surface area contributed by atoms with Crippen LogP contribution in [0.5, 0.6) is 0 Å². The van der Waals surface area contributed by atoms with Crippen LogP contribution in [0, 0.1) is 11.8 Å². The second kappa shape index (κ2) is 3.70. The molecule has 0 aromatic carbocycles. The summed E-state index contributed by atoms with van der Waals surface area (Å²) in [5, 5.41) is 0. The normalized spacial score (nSPS) is 28.1. The molecular weight excluding hydrogens is 148 g/mol. The fraction of sp³-hybridized carbons (Fsp3) is 0.545. The Kier molecular flexibility index (Phi) is 2.85. The third-order valence-electron chi connectivity index (χ3n) is 2.15. The molecule has 0 spiro atoms. The molecule has 1 heteroatoms. The van der Waals surface area contributed by atoms with Gasteiger partial charge in [0, 0.05) is 5.92 Å². The zero-order chi connectivity index (χ0) is 9.14. The Labute approximate surface area is 74.2 Å². The minimum Gasteiger partial charge on any atom is -0.303 e. The molecule has 0 fully saturated rings. The number of carbonyl (C=O) groups is 1. The van der Waals surface area contributed by atoms with E-state index in [1.54, 1.807) is 0 Å². The topological polar surface area (TPSA) is 17.1 Å². The molecule has 0 amide bonds. The van der Waals surface area contributed by atoms with Crippen LogP contribution in [-0.2, 0) is 4.79 Å². The summed E-state index contributed by atoms with van der Waals surface area (Å²) in [5.74, 6) is 0.709. The first-order valence-corrected chi connectivity index (χ1v) is 4.45. The Morgan fingerprint density at radius 2 is 2.25 bits per heavy atom. The van der Waals surface area contributed by atoms with Gasteiger partial charge in [-0.3, -0.25) is 0 Å². The standard InChI is InChI=1S/C11H16O/c1-8(2)4-10-5-9(3)6-11(10)7-12/h4-5,7,9,11H,6H2,1-3H3/t9-,11-/m0/s1. The molecule has 0 unspecified atom stereocenters. The van der Waals surface area contributed by atoms with Gasteiger partial charge in [-0.2, -0.15) is 0 Å². The molecule has 1 aliphatic rings. The SMILES string of the molecule is CC(C)=CC1=C[C@H](C)C[C@H]1C=O. The Morgan fingerprint density at radius 1 is 1.58 bits per heavy atom. The third-order valence-corrected chi connectivity index (χ3v) is 2.15. The summed E-state index contributed by atoms with van der Waals surface area (Å²) in [5.41, 5.74) is 2.47. The largest absolute Gasteiger partial charge is 0.303 e. The first kappa shape index (κ1) is 9.24. The van der Waals surface area contributed by atoms with Crippen LogP contribution in [-0.4, -0.2) is 6.29 Å². The lowest BCUT2D eigenvalue weighted by atomic mass is 10.0. The summed E-state index contributed by atoms with van der Waals surface area (Å²) in [7, 11) is 0. The van der Waals surface area contributed by atoms with Crippen LogP contribution in [0.3, 0.4) is 0 Å². The predicted molar refractivity (Wildman–Crippen MR) is 50.8 cm³/mol. The number of rotatable bonds is 2. The fourth-order valence-corrected chi connectivity index (χ4v) is 1.68. The van der Waals surface area contributed by atoms with E-state index >= 15 is 0 Å². The molecule has 1 rings (SSSR count). The monoisotopic (exact) mass is 164 g/mol. The predicted octanol–water partition coefficient (Wildman–Crippen LogP) is 2.73. The van der Waals surface area contributed by atoms with E-state index in [2.05, 4.69) is 32.9 Å². The Bertz CT molecular complexity index is 231. The van der Waals surface area contributed by atoms with Crippen LogP contribution >= 0.6 is 0 Å². The van der Waals surface area contributed by atoms with Crippen molar-refractivity contribution in [2.45, 2.75) is 27.2 Å². The maximum atomic E-state index is 10.7. The molecule has 66 valence electrons. The number of allylic oxidation sites excluding steroid dienone is 4. The quantitative estimate of drug-likeness (QED) is 0.573. The van der Waals surface area contributed by atoms with Crippen LogP contribution in [0.2, 0.25) is 0 Å². The summed E-state index contributed by atoms with van der Waals surface area (Å²) in [6.07, 6.45) is 6.37. The smallest absolute Gasteiger partial charge is 0.127 e. The molecule has 0 saturated heterocycles. The highest BCUT2D eigenvalue weighted by Crippen LogP contribution is 2.29. The molecule has 0 bridgehead atoms. The van der Waals surface area contributed by atoms with Crippen molar-refractivity contribution in [1.29, 1.82) is 0 Å². The van der Waals surface area contributed by atoms with Crippen LogP contribution in [0.4, 0.5) is 0 Å². The number of hydrogen-bond donors (Lipinski definition) is 0. The number of carbonyl (C=O) groups excluding carboxylic acids is 1. The summed E-state index contributed by atoms with van der Waals surface area (Å²) in [6.45, 7) is 6.28. The van der Waals surface area contributed by atoms with E-state index in [9.17, 15) is 4.79 Å².